The van der Waals surface area contributed by atoms with Gasteiger partial charge in [-0.05, 0) is 83.9 Å². The van der Waals surface area contributed by atoms with Gasteiger partial charge >= 0.3 is 0 Å². The van der Waals surface area contributed by atoms with Gasteiger partial charge in [-0.3, -0.25) is 0 Å². The highest BCUT2D eigenvalue weighted by atomic mass is 14.0. The smallest absolute Gasteiger partial charge is 0.0255 e. The summed E-state index contributed by atoms with van der Waals surface area (Å²) in [5.41, 5.74) is 6.57. The van der Waals surface area contributed by atoms with Crippen LogP contribution in [0.4, 0.5) is 0 Å². The van der Waals surface area contributed by atoms with Crippen molar-refractivity contribution in [2.45, 2.75) is 13.8 Å². The van der Waals surface area contributed by atoms with Gasteiger partial charge in [0.05, 0.1) is 0 Å². The lowest BCUT2D eigenvalue weighted by Gasteiger charge is -2.00. The summed E-state index contributed by atoms with van der Waals surface area (Å²) < 4.78 is 0. The largest absolute Gasteiger partial charge is 0.0617 e. The zero-order valence-corrected chi connectivity index (χ0v) is 18.2. The molecule has 0 fully saturated rings. The number of aryl methyl sites for hydroxylation is 2. The predicted molar refractivity (Wildman–Crippen MR) is 136 cm³/mol. The highest BCUT2D eigenvalue weighted by Gasteiger charge is 1.97. The Morgan fingerprint density at radius 2 is 0.656 bits per heavy atom. The minimum atomic E-state index is 0.987. The highest BCUT2D eigenvalue weighted by molar-refractivity contribution is 5.85. The van der Waals surface area contributed by atoms with Gasteiger partial charge in [0.1, 0.15) is 0 Å². The molecular weight excluding hydrogens is 384 g/mol. The van der Waals surface area contributed by atoms with E-state index in [4.69, 9.17) is 0 Å². The van der Waals surface area contributed by atoms with Crippen LogP contribution in [0.15, 0.2) is 97.1 Å². The molecule has 0 heterocycles. The summed E-state index contributed by atoms with van der Waals surface area (Å²) >= 11 is 0. The van der Waals surface area contributed by atoms with Gasteiger partial charge in [-0.25, -0.2) is 0 Å². The molecule has 0 aliphatic heterocycles. The maximum Gasteiger partial charge on any atom is 0.0255 e. The monoisotopic (exact) mass is 406 g/mol. The Balaban J connectivity index is 1.33. The Labute approximate surface area is 189 Å². The fraction of sp³-hybridized carbons (Fsp3) is 0.0625. The van der Waals surface area contributed by atoms with Crippen molar-refractivity contribution in [3.8, 4) is 23.7 Å². The van der Waals surface area contributed by atoms with E-state index >= 15 is 0 Å². The second-order valence-electron chi connectivity index (χ2n) is 8.21. The molecule has 32 heavy (non-hydrogen) atoms. The van der Waals surface area contributed by atoms with Crippen LogP contribution in [-0.4, -0.2) is 0 Å². The fourth-order valence-electron chi connectivity index (χ4n) is 3.81. The van der Waals surface area contributed by atoms with E-state index in [2.05, 4.69) is 110 Å². The third-order valence-electron chi connectivity index (χ3n) is 5.58. The van der Waals surface area contributed by atoms with E-state index in [-0.39, 0.29) is 0 Å². The van der Waals surface area contributed by atoms with E-state index in [1.54, 1.807) is 0 Å². The SMILES string of the molecule is Cc1ccc2cc(C#Cc3ccc(C#Cc4ccc5cc(C)ccc5c4)cc3)ccc2c1. The zero-order valence-electron chi connectivity index (χ0n) is 18.2. The molecule has 5 aromatic rings. The molecule has 0 radical (unpaired) electrons. The van der Waals surface area contributed by atoms with E-state index in [0.717, 1.165) is 22.3 Å². The van der Waals surface area contributed by atoms with E-state index in [0.29, 0.717) is 0 Å². The van der Waals surface area contributed by atoms with Crippen molar-refractivity contribution < 1.29 is 0 Å². The van der Waals surface area contributed by atoms with Crippen molar-refractivity contribution in [1.29, 1.82) is 0 Å². The maximum absolute atomic E-state index is 3.28. The van der Waals surface area contributed by atoms with Crippen molar-refractivity contribution in [3.05, 3.63) is 130 Å². The molecule has 0 unspecified atom stereocenters. The minimum absolute atomic E-state index is 0.987. The first kappa shape index (κ1) is 19.7. The lowest BCUT2D eigenvalue weighted by Crippen LogP contribution is -1.81. The molecule has 0 amide bonds. The van der Waals surface area contributed by atoms with Crippen molar-refractivity contribution in [1.82, 2.24) is 0 Å². The van der Waals surface area contributed by atoms with Crippen molar-refractivity contribution in [2.24, 2.45) is 0 Å². The standard InChI is InChI=1S/C32H22/c1-23-3-15-31-21-27(13-17-29(31)19-23)11-9-25-5-7-26(8-6-25)10-12-28-14-18-30-20-24(2)4-16-32(30)22-28/h3-8,13-22H,1-2H3. The molecule has 0 bridgehead atoms. The van der Waals surface area contributed by atoms with Gasteiger partial charge in [-0.1, -0.05) is 83.3 Å². The van der Waals surface area contributed by atoms with Gasteiger partial charge in [0.25, 0.3) is 0 Å². The third kappa shape index (κ3) is 4.41. The predicted octanol–water partition coefficient (Wildman–Crippen LogP) is 7.41. The van der Waals surface area contributed by atoms with Crippen LogP contribution in [0.3, 0.4) is 0 Å². The Kier molecular flexibility index (Phi) is 5.21. The Hall–Kier alpha value is -4.26. The molecule has 0 saturated carbocycles. The maximum atomic E-state index is 3.28. The number of rotatable bonds is 0. The molecule has 0 atom stereocenters. The first-order chi connectivity index (χ1) is 15.6. The summed E-state index contributed by atoms with van der Waals surface area (Å²) in [6.07, 6.45) is 0. The van der Waals surface area contributed by atoms with Gasteiger partial charge in [0, 0.05) is 22.3 Å². The summed E-state index contributed by atoms with van der Waals surface area (Å²) in [6, 6.07) is 33.8. The number of hydrogen-bond donors (Lipinski definition) is 0. The van der Waals surface area contributed by atoms with Gasteiger partial charge in [0.15, 0.2) is 0 Å². The van der Waals surface area contributed by atoms with Crippen LogP contribution >= 0.6 is 0 Å². The molecule has 5 rings (SSSR count). The molecule has 0 aliphatic carbocycles. The van der Waals surface area contributed by atoms with Crippen LogP contribution < -0.4 is 0 Å². The van der Waals surface area contributed by atoms with E-state index in [1.807, 2.05) is 24.3 Å². The highest BCUT2D eigenvalue weighted by Crippen LogP contribution is 2.18. The second-order valence-corrected chi connectivity index (χ2v) is 8.21. The summed E-state index contributed by atoms with van der Waals surface area (Å²) in [5, 5.41) is 4.94. The number of fused-ring (bicyclic) bond motifs is 2. The molecule has 0 aromatic heterocycles. The van der Waals surface area contributed by atoms with Crippen LogP contribution in [0, 0.1) is 37.5 Å². The fourth-order valence-corrected chi connectivity index (χ4v) is 3.81. The molecule has 0 nitrogen and oxygen atoms in total. The molecule has 0 spiro atoms. The van der Waals surface area contributed by atoms with Crippen molar-refractivity contribution >= 4 is 21.5 Å². The van der Waals surface area contributed by atoms with Crippen LogP contribution in [0.25, 0.3) is 21.5 Å². The van der Waals surface area contributed by atoms with Crippen LogP contribution in [0.5, 0.6) is 0 Å². The molecule has 0 saturated heterocycles. The zero-order chi connectivity index (χ0) is 21.9. The normalized spacial score (nSPS) is 10.3. The van der Waals surface area contributed by atoms with Gasteiger partial charge in [-0.2, -0.15) is 0 Å². The minimum Gasteiger partial charge on any atom is -0.0617 e. The molecular formula is C32H22. The average Bonchev–Trinajstić information content (AvgIpc) is 2.82. The Morgan fingerprint density at radius 1 is 0.344 bits per heavy atom. The van der Waals surface area contributed by atoms with Gasteiger partial charge < -0.3 is 0 Å². The first-order valence-electron chi connectivity index (χ1n) is 10.8. The quantitative estimate of drug-likeness (QED) is 0.235. The molecule has 0 N–H and O–H groups in total. The Morgan fingerprint density at radius 3 is 1.09 bits per heavy atom. The summed E-state index contributed by atoms with van der Waals surface area (Å²) in [4.78, 5) is 0. The van der Waals surface area contributed by atoms with Gasteiger partial charge in [-0.15, -0.1) is 0 Å². The molecule has 0 aliphatic rings. The van der Waals surface area contributed by atoms with Crippen LogP contribution in [-0.2, 0) is 0 Å². The van der Waals surface area contributed by atoms with Gasteiger partial charge in [0.2, 0.25) is 0 Å². The molecule has 5 aromatic carbocycles. The number of benzene rings is 5. The lowest BCUT2D eigenvalue weighted by molar-refractivity contribution is 1.50. The topological polar surface area (TPSA) is 0 Å². The molecule has 150 valence electrons. The van der Waals surface area contributed by atoms with E-state index in [9.17, 15) is 0 Å². The summed E-state index contributed by atoms with van der Waals surface area (Å²) in [6.45, 7) is 4.23. The average molecular weight is 407 g/mol. The van der Waals surface area contributed by atoms with Crippen molar-refractivity contribution in [3.63, 3.8) is 0 Å². The first-order valence-corrected chi connectivity index (χ1v) is 10.8. The van der Waals surface area contributed by atoms with E-state index in [1.165, 1.54) is 32.7 Å². The van der Waals surface area contributed by atoms with Crippen molar-refractivity contribution in [2.75, 3.05) is 0 Å². The second kappa shape index (κ2) is 8.47. The summed E-state index contributed by atoms with van der Waals surface area (Å²) in [7, 11) is 0. The lowest BCUT2D eigenvalue weighted by atomic mass is 10.0. The molecule has 0 heteroatoms. The third-order valence-corrected chi connectivity index (χ3v) is 5.58. The number of hydrogen-bond acceptors (Lipinski definition) is 0. The Bertz CT molecular complexity index is 1450. The van der Waals surface area contributed by atoms with E-state index < -0.39 is 0 Å². The van der Waals surface area contributed by atoms with Crippen LogP contribution in [0.1, 0.15) is 33.4 Å². The van der Waals surface area contributed by atoms with Crippen LogP contribution in [0.2, 0.25) is 0 Å². The summed E-state index contributed by atoms with van der Waals surface area (Å²) in [5.74, 6) is 13.1.